The van der Waals surface area contributed by atoms with Gasteiger partial charge in [-0.05, 0) is 24.3 Å². The third-order valence-corrected chi connectivity index (χ3v) is 4.23. The van der Waals surface area contributed by atoms with Crippen molar-refractivity contribution in [3.05, 3.63) is 63.6 Å². The Hall–Kier alpha value is -2.40. The lowest BCUT2D eigenvalue weighted by Gasteiger charge is -2.19. The molecule has 0 fully saturated rings. The normalized spacial score (nSPS) is 14.1. The molecule has 2 aromatic rings. The monoisotopic (exact) mass is 358 g/mol. The molecular weight excluding hydrogens is 348 g/mol. The Morgan fingerprint density at radius 2 is 1.68 bits per heavy atom. The van der Waals surface area contributed by atoms with Crippen LogP contribution in [0.3, 0.4) is 0 Å². The first-order chi connectivity index (χ1) is 10.5. The molecule has 0 bridgehead atoms. The molecule has 0 heterocycles. The van der Waals surface area contributed by atoms with Gasteiger partial charge in [0.25, 0.3) is 0 Å². The summed E-state index contributed by atoms with van der Waals surface area (Å²) in [5, 5.41) is 10.5. The SMILES string of the molecule is COc1ccc2c(c1)C(=O)C(=O)C(c1ccccc1Br)=C2O. The van der Waals surface area contributed by atoms with Crippen molar-refractivity contribution in [2.24, 2.45) is 0 Å². The maximum Gasteiger partial charge on any atom is 0.237 e. The predicted octanol–water partition coefficient (Wildman–Crippen LogP) is 3.65. The largest absolute Gasteiger partial charge is 0.506 e. The molecule has 110 valence electrons. The smallest absolute Gasteiger partial charge is 0.237 e. The molecule has 1 aliphatic carbocycles. The highest BCUT2D eigenvalue weighted by Gasteiger charge is 2.34. The van der Waals surface area contributed by atoms with E-state index in [1.807, 2.05) is 0 Å². The van der Waals surface area contributed by atoms with E-state index in [1.165, 1.54) is 13.2 Å². The molecule has 3 rings (SSSR count). The molecule has 0 radical (unpaired) electrons. The van der Waals surface area contributed by atoms with Gasteiger partial charge in [-0.15, -0.1) is 0 Å². The number of carbonyl (C=O) groups is 2. The summed E-state index contributed by atoms with van der Waals surface area (Å²) in [5.74, 6) is -1.13. The van der Waals surface area contributed by atoms with Crippen molar-refractivity contribution in [3.8, 4) is 5.75 Å². The fraction of sp³-hybridized carbons (Fsp3) is 0.0588. The molecular formula is C17H11BrO4. The van der Waals surface area contributed by atoms with Crippen molar-refractivity contribution in [2.75, 3.05) is 7.11 Å². The summed E-state index contributed by atoms with van der Waals surface area (Å²) in [6.07, 6.45) is 0. The van der Waals surface area contributed by atoms with E-state index in [0.29, 0.717) is 21.3 Å². The maximum absolute atomic E-state index is 12.4. The number of ketones is 2. The Kier molecular flexibility index (Phi) is 3.58. The van der Waals surface area contributed by atoms with Crippen molar-refractivity contribution >= 4 is 38.8 Å². The molecule has 0 amide bonds. The van der Waals surface area contributed by atoms with Crippen LogP contribution < -0.4 is 4.74 Å². The number of Topliss-reactive ketones (excluding diaryl/α,β-unsaturated/α-hetero) is 2. The number of halogens is 1. The number of methoxy groups -OCH3 is 1. The minimum atomic E-state index is -0.731. The van der Waals surface area contributed by atoms with Gasteiger partial charge in [0.15, 0.2) is 0 Å². The average molecular weight is 359 g/mol. The van der Waals surface area contributed by atoms with Gasteiger partial charge in [-0.25, -0.2) is 0 Å². The van der Waals surface area contributed by atoms with Crippen LogP contribution in [0.15, 0.2) is 46.9 Å². The van der Waals surface area contributed by atoms with Crippen LogP contribution in [0.1, 0.15) is 21.5 Å². The predicted molar refractivity (Wildman–Crippen MR) is 85.9 cm³/mol. The summed E-state index contributed by atoms with van der Waals surface area (Å²) in [6, 6.07) is 11.6. The van der Waals surface area contributed by atoms with Gasteiger partial charge >= 0.3 is 0 Å². The Morgan fingerprint density at radius 1 is 0.955 bits per heavy atom. The minimum absolute atomic E-state index is 0.00939. The van der Waals surface area contributed by atoms with Crippen LogP contribution in [0, 0.1) is 0 Å². The van der Waals surface area contributed by atoms with E-state index < -0.39 is 11.6 Å². The highest BCUT2D eigenvalue weighted by molar-refractivity contribution is 9.10. The first-order valence-electron chi connectivity index (χ1n) is 6.50. The van der Waals surface area contributed by atoms with E-state index in [4.69, 9.17) is 4.74 Å². The zero-order valence-corrected chi connectivity index (χ0v) is 13.2. The van der Waals surface area contributed by atoms with E-state index in [-0.39, 0.29) is 16.9 Å². The molecule has 0 unspecified atom stereocenters. The third kappa shape index (κ3) is 2.14. The fourth-order valence-electron chi connectivity index (χ4n) is 2.44. The minimum Gasteiger partial charge on any atom is -0.506 e. The number of hydrogen-bond acceptors (Lipinski definition) is 4. The van der Waals surface area contributed by atoms with Gasteiger partial charge in [0.05, 0.1) is 12.7 Å². The summed E-state index contributed by atoms with van der Waals surface area (Å²) >= 11 is 3.34. The molecule has 0 saturated carbocycles. The van der Waals surface area contributed by atoms with Crippen LogP contribution in [0.4, 0.5) is 0 Å². The van der Waals surface area contributed by atoms with Gasteiger partial charge in [0.2, 0.25) is 11.6 Å². The molecule has 0 atom stereocenters. The van der Waals surface area contributed by atoms with E-state index in [9.17, 15) is 14.7 Å². The van der Waals surface area contributed by atoms with Crippen LogP contribution in [0.25, 0.3) is 11.3 Å². The number of carbonyl (C=O) groups excluding carboxylic acids is 2. The van der Waals surface area contributed by atoms with Crippen molar-refractivity contribution < 1.29 is 19.4 Å². The van der Waals surface area contributed by atoms with Gasteiger partial charge in [-0.2, -0.15) is 0 Å². The molecule has 1 N–H and O–H groups in total. The number of rotatable bonds is 2. The Bertz CT molecular complexity index is 836. The van der Waals surface area contributed by atoms with Crippen LogP contribution >= 0.6 is 15.9 Å². The standard InChI is InChI=1S/C17H11BrO4/c1-22-9-6-7-10-12(8-9)16(20)17(21)14(15(10)19)11-4-2-3-5-13(11)18/h2-8,19H,1H3. The lowest BCUT2D eigenvalue weighted by molar-refractivity contribution is -0.110. The molecule has 2 aromatic carbocycles. The number of allylic oxidation sites excluding steroid dienone is 1. The summed E-state index contributed by atoms with van der Waals surface area (Å²) in [6.45, 7) is 0. The number of fused-ring (bicyclic) bond motifs is 1. The first-order valence-corrected chi connectivity index (χ1v) is 7.29. The summed E-state index contributed by atoms with van der Waals surface area (Å²) in [5.41, 5.74) is 0.976. The number of aliphatic hydroxyl groups excluding tert-OH is 1. The Labute approximate surface area is 135 Å². The Morgan fingerprint density at radius 3 is 2.36 bits per heavy atom. The second kappa shape index (κ2) is 5.42. The van der Waals surface area contributed by atoms with Crippen LogP contribution in [-0.2, 0) is 4.79 Å². The number of hydrogen-bond donors (Lipinski definition) is 1. The topological polar surface area (TPSA) is 63.6 Å². The second-order valence-electron chi connectivity index (χ2n) is 4.77. The Balaban J connectivity index is 2.29. The van der Waals surface area contributed by atoms with Gasteiger partial charge in [-0.3, -0.25) is 9.59 Å². The van der Waals surface area contributed by atoms with E-state index in [2.05, 4.69) is 15.9 Å². The van der Waals surface area contributed by atoms with Crippen LogP contribution in [-0.4, -0.2) is 23.8 Å². The quantitative estimate of drug-likeness (QED) is 0.832. The summed E-state index contributed by atoms with van der Waals surface area (Å²) < 4.78 is 5.69. The third-order valence-electron chi connectivity index (χ3n) is 3.54. The lowest BCUT2D eigenvalue weighted by atomic mass is 9.85. The summed E-state index contributed by atoms with van der Waals surface area (Å²) in [7, 11) is 1.47. The van der Waals surface area contributed by atoms with Crippen molar-refractivity contribution in [1.82, 2.24) is 0 Å². The zero-order valence-electron chi connectivity index (χ0n) is 11.6. The molecule has 22 heavy (non-hydrogen) atoms. The van der Waals surface area contributed by atoms with Crippen molar-refractivity contribution in [2.45, 2.75) is 0 Å². The zero-order chi connectivity index (χ0) is 15.9. The lowest BCUT2D eigenvalue weighted by Crippen LogP contribution is -2.23. The van der Waals surface area contributed by atoms with E-state index in [0.717, 1.165) is 0 Å². The van der Waals surface area contributed by atoms with Crippen LogP contribution in [0.5, 0.6) is 5.75 Å². The van der Waals surface area contributed by atoms with Gasteiger partial charge in [-0.1, -0.05) is 34.1 Å². The second-order valence-corrected chi connectivity index (χ2v) is 5.63. The molecule has 4 nitrogen and oxygen atoms in total. The molecule has 5 heteroatoms. The molecule has 1 aliphatic rings. The summed E-state index contributed by atoms with van der Waals surface area (Å²) in [4.78, 5) is 24.8. The number of aliphatic hydroxyl groups is 1. The molecule has 0 saturated heterocycles. The average Bonchev–Trinajstić information content (AvgIpc) is 2.54. The molecule has 0 aliphatic heterocycles. The van der Waals surface area contributed by atoms with Crippen molar-refractivity contribution in [3.63, 3.8) is 0 Å². The van der Waals surface area contributed by atoms with Crippen LogP contribution in [0.2, 0.25) is 0 Å². The first kappa shape index (κ1) is 14.5. The molecule has 0 spiro atoms. The highest BCUT2D eigenvalue weighted by atomic mass is 79.9. The van der Waals surface area contributed by atoms with E-state index >= 15 is 0 Å². The number of ether oxygens (including phenoxy) is 1. The fourth-order valence-corrected chi connectivity index (χ4v) is 2.92. The molecule has 0 aromatic heterocycles. The highest BCUT2D eigenvalue weighted by Crippen LogP contribution is 2.37. The number of benzene rings is 2. The van der Waals surface area contributed by atoms with Crippen molar-refractivity contribution in [1.29, 1.82) is 0 Å². The van der Waals surface area contributed by atoms with Gasteiger partial charge in [0.1, 0.15) is 11.5 Å². The van der Waals surface area contributed by atoms with Gasteiger partial charge in [0, 0.05) is 21.2 Å². The van der Waals surface area contributed by atoms with Gasteiger partial charge < -0.3 is 9.84 Å². The maximum atomic E-state index is 12.4. The van der Waals surface area contributed by atoms with E-state index in [1.54, 1.807) is 36.4 Å².